The van der Waals surface area contributed by atoms with Crippen LogP contribution in [0.5, 0.6) is 0 Å². The van der Waals surface area contributed by atoms with Crippen LogP contribution < -0.4 is 5.32 Å². The summed E-state index contributed by atoms with van der Waals surface area (Å²) in [6.07, 6.45) is 0.160. The number of nitrogens with zero attached hydrogens (tertiary/aromatic N) is 1. The summed E-state index contributed by atoms with van der Waals surface area (Å²) in [4.78, 5) is 63.9. The quantitative estimate of drug-likeness (QED) is 0.119. The van der Waals surface area contributed by atoms with Crippen molar-refractivity contribution in [3.8, 4) is 0 Å². The summed E-state index contributed by atoms with van der Waals surface area (Å²) in [6, 6.07) is -1.64. The summed E-state index contributed by atoms with van der Waals surface area (Å²) < 4.78 is 22.1. The molecule has 4 aliphatic rings. The maximum Gasteiger partial charge on any atom is 0.331 e. The number of alkyl halides is 1. The van der Waals surface area contributed by atoms with Gasteiger partial charge in [-0.2, -0.15) is 0 Å². The summed E-state index contributed by atoms with van der Waals surface area (Å²) in [5.74, 6) is -5.19. The van der Waals surface area contributed by atoms with Gasteiger partial charge in [0.1, 0.15) is 6.61 Å². The van der Waals surface area contributed by atoms with Crippen molar-refractivity contribution in [2.45, 2.75) is 75.5 Å². The van der Waals surface area contributed by atoms with Gasteiger partial charge in [0, 0.05) is 16.7 Å². The fraction of sp³-hybridized carbons (Fsp3) is 0.704. The van der Waals surface area contributed by atoms with Gasteiger partial charge in [0.25, 0.3) is 5.09 Å². The standard InChI is InChI=1S/C27H35FN2O12/c1-24-7-5-15(32)9-14(24)3-4-16-17-10-19(33)27(38,25(17,2)11-20(34)26(16,24)28)21(35)13-41-23(37)18(12-31)29-22(36)6-8-42-30(39)40/h5,7,9,16-20,31,33-34,38H,3-4,6,8,10-13H2,1-2H3,(H,29,36)/t16-,17-,18?,19+,20-,24-,25-,26-,27-/m0/s1. The lowest BCUT2D eigenvalue weighted by Crippen LogP contribution is -2.69. The maximum atomic E-state index is 17.2. The third-order valence-electron chi connectivity index (χ3n) is 9.96. The number of carbonyl (C=O) groups excluding carboxylic acids is 4. The molecule has 0 bridgehead atoms. The van der Waals surface area contributed by atoms with Crippen LogP contribution >= 0.6 is 0 Å². The first-order valence-corrected chi connectivity index (χ1v) is 13.6. The summed E-state index contributed by atoms with van der Waals surface area (Å²) in [5.41, 5.74) is -7.08. The summed E-state index contributed by atoms with van der Waals surface area (Å²) >= 11 is 0. The van der Waals surface area contributed by atoms with Gasteiger partial charge in [0.05, 0.1) is 25.2 Å². The normalized spacial score (nSPS) is 39.2. The average molecular weight is 599 g/mol. The van der Waals surface area contributed by atoms with Crippen LogP contribution in [0, 0.1) is 32.8 Å². The molecule has 3 saturated carbocycles. The number of esters is 1. The fourth-order valence-corrected chi connectivity index (χ4v) is 7.73. The van der Waals surface area contributed by atoms with Crippen molar-refractivity contribution in [1.82, 2.24) is 5.32 Å². The summed E-state index contributed by atoms with van der Waals surface area (Å²) in [7, 11) is 0. The number of rotatable bonds is 10. The lowest BCUT2D eigenvalue weighted by Gasteiger charge is -2.62. The number of aliphatic hydroxyl groups excluding tert-OH is 3. The highest BCUT2D eigenvalue weighted by molar-refractivity contribution is 6.01. The van der Waals surface area contributed by atoms with Gasteiger partial charge in [-0.25, -0.2) is 9.18 Å². The molecule has 1 unspecified atom stereocenters. The Hall–Kier alpha value is -3.27. The predicted octanol–water partition coefficient (Wildman–Crippen LogP) is -0.753. The van der Waals surface area contributed by atoms with Gasteiger partial charge < -0.3 is 35.3 Å². The molecule has 0 aliphatic heterocycles. The van der Waals surface area contributed by atoms with Crippen LogP contribution in [0.15, 0.2) is 23.8 Å². The van der Waals surface area contributed by atoms with Crippen LogP contribution in [0.25, 0.3) is 0 Å². The minimum Gasteiger partial charge on any atom is -0.456 e. The molecule has 42 heavy (non-hydrogen) atoms. The van der Waals surface area contributed by atoms with Crippen molar-refractivity contribution in [3.63, 3.8) is 0 Å². The van der Waals surface area contributed by atoms with Crippen LogP contribution in [0.1, 0.15) is 46.0 Å². The van der Waals surface area contributed by atoms with Crippen LogP contribution in [0.4, 0.5) is 4.39 Å². The number of halogens is 1. The smallest absolute Gasteiger partial charge is 0.331 e. The SMILES string of the molecule is C[C@]12C=CC(=O)C=C1CC[C@H]1[C@@H]3C[C@@H](O)[C@](O)(C(=O)COC(=O)C(CO)NC(=O)CCO[N+](=O)[O-])[C@@]3(C)C[C@H](O)[C@@]12F. The van der Waals surface area contributed by atoms with Gasteiger partial charge in [-0.15, -0.1) is 10.1 Å². The van der Waals surface area contributed by atoms with E-state index in [4.69, 9.17) is 4.74 Å². The highest BCUT2D eigenvalue weighted by Gasteiger charge is 2.76. The van der Waals surface area contributed by atoms with Gasteiger partial charge in [-0.05, 0) is 50.7 Å². The lowest BCUT2D eigenvalue weighted by molar-refractivity contribution is -0.757. The van der Waals surface area contributed by atoms with Crippen LogP contribution in [0.3, 0.4) is 0 Å². The molecule has 3 fully saturated rings. The van der Waals surface area contributed by atoms with Crippen LogP contribution in [-0.2, 0) is 28.8 Å². The Morgan fingerprint density at radius 2 is 1.93 bits per heavy atom. The van der Waals surface area contributed by atoms with E-state index >= 15 is 4.39 Å². The zero-order valence-electron chi connectivity index (χ0n) is 23.2. The zero-order valence-corrected chi connectivity index (χ0v) is 23.2. The molecule has 4 rings (SSSR count). The summed E-state index contributed by atoms with van der Waals surface area (Å²) in [5, 5.41) is 54.7. The number of carbonyl (C=O) groups is 4. The minimum absolute atomic E-state index is 0.172. The molecular formula is C27H35FN2O12. The number of Topliss-reactive ketones (excluding diaryl/α,β-unsaturated/α-hetero) is 1. The first-order chi connectivity index (χ1) is 19.6. The van der Waals surface area contributed by atoms with Crippen molar-refractivity contribution < 1.29 is 58.7 Å². The van der Waals surface area contributed by atoms with E-state index in [-0.39, 0.29) is 18.6 Å². The Kier molecular flexibility index (Phi) is 8.36. The number of hydrogen-bond donors (Lipinski definition) is 5. The fourth-order valence-electron chi connectivity index (χ4n) is 7.73. The second kappa shape index (κ2) is 11.1. The van der Waals surface area contributed by atoms with E-state index in [1.807, 2.05) is 0 Å². The first kappa shape index (κ1) is 31.7. The van der Waals surface area contributed by atoms with Crippen molar-refractivity contribution in [3.05, 3.63) is 33.9 Å². The molecule has 0 aromatic heterocycles. The number of amides is 1. The third kappa shape index (κ3) is 4.71. The number of ketones is 2. The Labute approximate surface area is 239 Å². The Morgan fingerprint density at radius 3 is 2.57 bits per heavy atom. The topological polar surface area (TPSA) is 223 Å². The molecule has 232 valence electrons. The monoisotopic (exact) mass is 598 g/mol. The molecule has 5 N–H and O–H groups in total. The molecule has 0 aromatic rings. The van der Waals surface area contributed by atoms with Crippen LogP contribution in [0.2, 0.25) is 0 Å². The highest BCUT2D eigenvalue weighted by Crippen LogP contribution is 2.69. The van der Waals surface area contributed by atoms with E-state index < -0.39 is 108 Å². The minimum atomic E-state index is -2.53. The van der Waals surface area contributed by atoms with Gasteiger partial charge in [0.2, 0.25) is 11.7 Å². The predicted molar refractivity (Wildman–Crippen MR) is 137 cm³/mol. The molecule has 9 atom stereocenters. The van der Waals surface area contributed by atoms with Crippen LogP contribution in [-0.4, -0.2) is 98.3 Å². The van der Waals surface area contributed by atoms with Gasteiger partial charge >= 0.3 is 5.97 Å². The van der Waals surface area contributed by atoms with E-state index in [0.29, 0.717) is 12.0 Å². The third-order valence-corrected chi connectivity index (χ3v) is 9.96. The number of fused-ring (bicyclic) bond motifs is 5. The molecule has 15 heteroatoms. The van der Waals surface area contributed by atoms with E-state index in [1.165, 1.54) is 25.2 Å². The summed E-state index contributed by atoms with van der Waals surface area (Å²) in [6.45, 7) is 0.473. The number of aliphatic hydroxyl groups is 4. The number of hydrogen-bond acceptors (Lipinski definition) is 12. The van der Waals surface area contributed by atoms with E-state index in [0.717, 1.165) is 0 Å². The van der Waals surface area contributed by atoms with E-state index in [1.54, 1.807) is 6.92 Å². The average Bonchev–Trinajstić information content (AvgIpc) is 3.12. The number of ether oxygens (including phenoxy) is 1. The van der Waals surface area contributed by atoms with Gasteiger partial charge in [0.15, 0.2) is 29.7 Å². The molecule has 0 spiro atoms. The Bertz CT molecular complexity index is 1240. The molecule has 0 heterocycles. The molecule has 0 saturated heterocycles. The Balaban J connectivity index is 1.49. The van der Waals surface area contributed by atoms with E-state index in [2.05, 4.69) is 10.2 Å². The number of allylic oxidation sites excluding steroid dienone is 4. The molecule has 0 aromatic carbocycles. The Morgan fingerprint density at radius 1 is 1.24 bits per heavy atom. The maximum absolute atomic E-state index is 17.2. The molecule has 1 amide bonds. The molecule has 14 nitrogen and oxygen atoms in total. The van der Waals surface area contributed by atoms with Crippen molar-refractivity contribution in [2.75, 3.05) is 19.8 Å². The van der Waals surface area contributed by atoms with Gasteiger partial charge in [-0.3, -0.25) is 14.4 Å². The van der Waals surface area contributed by atoms with E-state index in [9.17, 15) is 49.7 Å². The lowest BCUT2D eigenvalue weighted by atomic mass is 9.44. The van der Waals surface area contributed by atoms with Crippen molar-refractivity contribution in [1.29, 1.82) is 0 Å². The zero-order chi connectivity index (χ0) is 31.3. The molecule has 4 aliphatic carbocycles. The molecule has 0 radical (unpaired) electrons. The molecular weight excluding hydrogens is 563 g/mol. The number of nitrogens with one attached hydrogen (secondary N) is 1. The van der Waals surface area contributed by atoms with Gasteiger partial charge in [-0.1, -0.05) is 18.6 Å². The second-order valence-electron chi connectivity index (χ2n) is 11.9. The van der Waals surface area contributed by atoms with Crippen molar-refractivity contribution >= 4 is 23.4 Å². The largest absolute Gasteiger partial charge is 0.456 e. The van der Waals surface area contributed by atoms with Crippen molar-refractivity contribution in [2.24, 2.45) is 22.7 Å². The highest BCUT2D eigenvalue weighted by atomic mass is 19.1. The first-order valence-electron chi connectivity index (χ1n) is 13.6. The second-order valence-corrected chi connectivity index (χ2v) is 11.9.